The molecule has 0 unspecified atom stereocenters. The van der Waals surface area contributed by atoms with Crippen LogP contribution in [0.5, 0.6) is 0 Å². The fourth-order valence-corrected chi connectivity index (χ4v) is 1.67. The number of amides is 1. The first-order valence-corrected chi connectivity index (χ1v) is 6.75. The highest BCUT2D eigenvalue weighted by Gasteiger charge is 2.15. The van der Waals surface area contributed by atoms with E-state index >= 15 is 0 Å². The number of hydrogen-bond donors (Lipinski definition) is 1. The number of halogens is 2. The van der Waals surface area contributed by atoms with Gasteiger partial charge in [-0.1, -0.05) is 29.8 Å². The Kier molecular flexibility index (Phi) is 6.02. The van der Waals surface area contributed by atoms with Gasteiger partial charge in [-0.3, -0.25) is 0 Å². The van der Waals surface area contributed by atoms with Crippen molar-refractivity contribution >= 4 is 23.8 Å². The largest absolute Gasteiger partial charge is 0.444 e. The summed E-state index contributed by atoms with van der Waals surface area (Å²) in [6.07, 6.45) is 3.45. The lowest BCUT2D eigenvalue weighted by molar-refractivity contribution is 0.0529. The predicted octanol–water partition coefficient (Wildman–Crippen LogP) is 4.41. The molecule has 5 heteroatoms. The summed E-state index contributed by atoms with van der Waals surface area (Å²) in [5, 5.41) is 2.98. The van der Waals surface area contributed by atoms with E-state index in [0.717, 1.165) is 0 Å². The molecule has 1 rings (SSSR count). The quantitative estimate of drug-likeness (QED) is 0.836. The van der Waals surface area contributed by atoms with Crippen LogP contribution in [0.4, 0.5) is 9.18 Å². The molecule has 0 fully saturated rings. The number of carbonyl (C=O) groups excluding carboxylic acids is 1. The van der Waals surface area contributed by atoms with Crippen LogP contribution in [0.2, 0.25) is 5.02 Å². The third-order valence-corrected chi connectivity index (χ3v) is 2.59. The molecule has 0 radical (unpaired) electrons. The van der Waals surface area contributed by atoms with Crippen molar-refractivity contribution in [2.75, 3.05) is 6.54 Å². The van der Waals surface area contributed by atoms with Gasteiger partial charge >= 0.3 is 6.09 Å². The molecule has 0 saturated heterocycles. The van der Waals surface area contributed by atoms with Crippen LogP contribution < -0.4 is 5.32 Å². The Hall–Kier alpha value is -1.55. The molecule has 20 heavy (non-hydrogen) atoms. The van der Waals surface area contributed by atoms with Crippen LogP contribution in [0.25, 0.3) is 6.08 Å². The third-order valence-electron chi connectivity index (χ3n) is 2.26. The summed E-state index contributed by atoms with van der Waals surface area (Å²) in [6, 6.07) is 4.53. The van der Waals surface area contributed by atoms with Gasteiger partial charge in [-0.15, -0.1) is 0 Å². The van der Waals surface area contributed by atoms with Gasteiger partial charge in [0.15, 0.2) is 0 Å². The van der Waals surface area contributed by atoms with Crippen molar-refractivity contribution < 1.29 is 13.9 Å². The normalized spacial score (nSPS) is 11.7. The smallest absolute Gasteiger partial charge is 0.407 e. The lowest BCUT2D eigenvalue weighted by Gasteiger charge is -2.19. The molecule has 0 aliphatic rings. The van der Waals surface area contributed by atoms with Crippen LogP contribution in [0.3, 0.4) is 0 Å². The first-order chi connectivity index (χ1) is 9.29. The molecule has 110 valence electrons. The number of hydrogen-bond acceptors (Lipinski definition) is 2. The number of rotatable bonds is 4. The molecule has 0 aliphatic heterocycles. The fourth-order valence-electron chi connectivity index (χ4n) is 1.44. The Morgan fingerprint density at radius 2 is 2.15 bits per heavy atom. The number of ether oxygens (including phenoxy) is 1. The van der Waals surface area contributed by atoms with Crippen LogP contribution in [-0.4, -0.2) is 18.2 Å². The standard InChI is InChI=1S/C15H19ClFNO2/c1-15(2,3)20-14(19)18-10-5-4-7-11-12(16)8-6-9-13(11)17/h4,6-9H,5,10H2,1-3H3,(H,18,19). The van der Waals surface area contributed by atoms with Crippen molar-refractivity contribution in [1.29, 1.82) is 0 Å². The second-order valence-electron chi connectivity index (χ2n) is 5.26. The molecule has 0 spiro atoms. The molecule has 0 bridgehead atoms. The number of nitrogens with one attached hydrogen (secondary N) is 1. The van der Waals surface area contributed by atoms with E-state index in [-0.39, 0.29) is 5.82 Å². The Morgan fingerprint density at radius 1 is 1.45 bits per heavy atom. The first-order valence-electron chi connectivity index (χ1n) is 6.37. The van der Waals surface area contributed by atoms with Crippen molar-refractivity contribution in [1.82, 2.24) is 5.32 Å². The van der Waals surface area contributed by atoms with E-state index in [1.165, 1.54) is 6.07 Å². The summed E-state index contributed by atoms with van der Waals surface area (Å²) < 4.78 is 18.5. The maximum absolute atomic E-state index is 13.4. The zero-order chi connectivity index (χ0) is 15.2. The minimum absolute atomic E-state index is 0.353. The van der Waals surface area contributed by atoms with Crippen molar-refractivity contribution in [2.24, 2.45) is 0 Å². The van der Waals surface area contributed by atoms with E-state index in [9.17, 15) is 9.18 Å². The summed E-state index contributed by atoms with van der Waals surface area (Å²) in [6.45, 7) is 5.81. The van der Waals surface area contributed by atoms with Gasteiger partial charge in [0, 0.05) is 12.1 Å². The zero-order valence-corrected chi connectivity index (χ0v) is 12.6. The van der Waals surface area contributed by atoms with E-state index in [0.29, 0.717) is 23.6 Å². The van der Waals surface area contributed by atoms with E-state index in [1.54, 1.807) is 45.1 Å². The Balaban J connectivity index is 2.38. The van der Waals surface area contributed by atoms with Gasteiger partial charge in [0.1, 0.15) is 11.4 Å². The van der Waals surface area contributed by atoms with Gasteiger partial charge in [-0.05, 0) is 39.3 Å². The molecule has 0 atom stereocenters. The minimum atomic E-state index is -0.513. The average molecular weight is 300 g/mol. The molecule has 0 aromatic heterocycles. The topological polar surface area (TPSA) is 38.3 Å². The zero-order valence-electron chi connectivity index (χ0n) is 11.9. The van der Waals surface area contributed by atoms with Crippen LogP contribution in [0, 0.1) is 5.82 Å². The third kappa shape index (κ3) is 6.06. The van der Waals surface area contributed by atoms with Crippen molar-refractivity contribution in [2.45, 2.75) is 32.8 Å². The van der Waals surface area contributed by atoms with Crippen molar-refractivity contribution in [3.05, 3.63) is 40.7 Å². The molecule has 0 heterocycles. The lowest BCUT2D eigenvalue weighted by atomic mass is 10.2. The van der Waals surface area contributed by atoms with Crippen molar-refractivity contribution in [3.8, 4) is 0 Å². The number of alkyl carbamates (subject to hydrolysis) is 1. The molecule has 1 amide bonds. The van der Waals surface area contributed by atoms with Gasteiger partial charge in [0.2, 0.25) is 0 Å². The molecule has 1 N–H and O–H groups in total. The Labute approximate surface area is 123 Å². The van der Waals surface area contributed by atoms with Gasteiger partial charge in [0.05, 0.1) is 5.02 Å². The summed E-state index contributed by atoms with van der Waals surface area (Å²) in [7, 11) is 0. The van der Waals surface area contributed by atoms with Gasteiger partial charge in [0.25, 0.3) is 0 Å². The summed E-state index contributed by atoms with van der Waals surface area (Å²) in [5.74, 6) is -0.367. The minimum Gasteiger partial charge on any atom is -0.444 e. The molecule has 1 aromatic rings. The SMILES string of the molecule is CC(C)(C)OC(=O)NCCC=Cc1c(F)cccc1Cl. The molecule has 3 nitrogen and oxygen atoms in total. The fraction of sp³-hybridized carbons (Fsp3) is 0.400. The maximum Gasteiger partial charge on any atom is 0.407 e. The predicted molar refractivity (Wildman–Crippen MR) is 79.3 cm³/mol. The second-order valence-corrected chi connectivity index (χ2v) is 5.66. The van der Waals surface area contributed by atoms with E-state index < -0.39 is 11.7 Å². The van der Waals surface area contributed by atoms with Gasteiger partial charge in [-0.2, -0.15) is 0 Å². The summed E-state index contributed by atoms with van der Waals surface area (Å²) in [5.41, 5.74) is -0.160. The summed E-state index contributed by atoms with van der Waals surface area (Å²) in [4.78, 5) is 11.4. The van der Waals surface area contributed by atoms with E-state index in [2.05, 4.69) is 5.32 Å². The monoisotopic (exact) mass is 299 g/mol. The molecule has 0 aliphatic carbocycles. The highest BCUT2D eigenvalue weighted by molar-refractivity contribution is 6.32. The van der Waals surface area contributed by atoms with Crippen LogP contribution in [-0.2, 0) is 4.74 Å². The molecule has 1 aromatic carbocycles. The van der Waals surface area contributed by atoms with Crippen LogP contribution in [0.1, 0.15) is 32.8 Å². The number of carbonyl (C=O) groups is 1. The maximum atomic E-state index is 13.4. The summed E-state index contributed by atoms with van der Waals surface area (Å²) >= 11 is 5.88. The first kappa shape index (κ1) is 16.5. The second kappa shape index (κ2) is 7.29. The van der Waals surface area contributed by atoms with Gasteiger partial charge < -0.3 is 10.1 Å². The van der Waals surface area contributed by atoms with Gasteiger partial charge in [-0.25, -0.2) is 9.18 Å². The highest BCUT2D eigenvalue weighted by Crippen LogP contribution is 2.20. The van der Waals surface area contributed by atoms with E-state index in [4.69, 9.17) is 16.3 Å². The van der Waals surface area contributed by atoms with Crippen LogP contribution >= 0.6 is 11.6 Å². The average Bonchev–Trinajstić information content (AvgIpc) is 2.29. The lowest BCUT2D eigenvalue weighted by Crippen LogP contribution is -2.32. The number of benzene rings is 1. The van der Waals surface area contributed by atoms with E-state index in [1.807, 2.05) is 0 Å². The molecular formula is C15H19ClFNO2. The molecule has 0 saturated carbocycles. The highest BCUT2D eigenvalue weighted by atomic mass is 35.5. The Morgan fingerprint density at radius 3 is 2.75 bits per heavy atom. The Bertz CT molecular complexity index is 475. The van der Waals surface area contributed by atoms with Crippen molar-refractivity contribution in [3.63, 3.8) is 0 Å². The van der Waals surface area contributed by atoms with Crippen LogP contribution in [0.15, 0.2) is 24.3 Å². The molecular weight excluding hydrogens is 281 g/mol.